The van der Waals surface area contributed by atoms with Gasteiger partial charge in [0.05, 0.1) is 25.9 Å². The number of likely N-dealkylation sites (tertiary alicyclic amines) is 1. The first kappa shape index (κ1) is 26.0. The highest BCUT2D eigenvalue weighted by Crippen LogP contribution is 2.43. The lowest BCUT2D eigenvalue weighted by atomic mass is 10.0. The number of hydrogen-bond donors (Lipinski definition) is 1. The van der Waals surface area contributed by atoms with E-state index in [0.717, 1.165) is 17.7 Å². The van der Waals surface area contributed by atoms with Gasteiger partial charge < -0.3 is 19.7 Å². The third-order valence-electron chi connectivity index (χ3n) is 6.24. The molecule has 3 aromatic rings. The fourth-order valence-corrected chi connectivity index (χ4v) is 4.48. The number of piperidine rings is 1. The van der Waals surface area contributed by atoms with Crippen LogP contribution < -0.4 is 10.1 Å². The van der Waals surface area contributed by atoms with Crippen molar-refractivity contribution in [3.05, 3.63) is 35.7 Å². The molecule has 13 heteroatoms. The zero-order valence-corrected chi connectivity index (χ0v) is 21.4. The Morgan fingerprint density at radius 2 is 1.92 bits per heavy atom. The number of ether oxygens (including phenoxy) is 2. The fraction of sp³-hybridized carbons (Fsp3) is 0.520. The van der Waals surface area contributed by atoms with E-state index in [9.17, 15) is 22.4 Å². The van der Waals surface area contributed by atoms with Crippen LogP contribution in [0.3, 0.4) is 0 Å². The number of pyridine rings is 1. The standard InChI is InChI=1S/C25H28F4N6O3/c1-24(2,3)38-23(36)34-11-14(9-25(28,29)12-34)31-22-16(27)7-15(26)21(32-22)17-10-30-19-8-18(37-4)20(13-5-6-13)33-35(17)19/h7-8,10,13-14H,5-6,9,11-12H2,1-4H3,(H,31,32). The molecule has 1 atom stereocenters. The number of carbonyl (C=O) groups excluding carboxylic acids is 1. The molecular weight excluding hydrogens is 508 g/mol. The minimum absolute atomic E-state index is 0.162. The second-order valence-corrected chi connectivity index (χ2v) is 10.7. The van der Waals surface area contributed by atoms with Crippen molar-refractivity contribution in [1.82, 2.24) is 24.5 Å². The molecule has 4 heterocycles. The van der Waals surface area contributed by atoms with Crippen LogP contribution in [0.2, 0.25) is 0 Å². The molecule has 9 nitrogen and oxygen atoms in total. The number of carbonyl (C=O) groups is 1. The van der Waals surface area contributed by atoms with Crippen molar-refractivity contribution in [2.24, 2.45) is 0 Å². The Balaban J connectivity index is 1.45. The van der Waals surface area contributed by atoms with Crippen LogP contribution in [0.5, 0.6) is 5.75 Å². The minimum atomic E-state index is -3.25. The number of rotatable bonds is 5. The smallest absolute Gasteiger partial charge is 0.410 e. The van der Waals surface area contributed by atoms with Crippen molar-refractivity contribution in [3.63, 3.8) is 0 Å². The first-order valence-corrected chi connectivity index (χ1v) is 12.2. The predicted molar refractivity (Wildman–Crippen MR) is 129 cm³/mol. The summed E-state index contributed by atoms with van der Waals surface area (Å²) < 4.78 is 70.8. The van der Waals surface area contributed by atoms with Gasteiger partial charge in [-0.15, -0.1) is 0 Å². The number of amides is 1. The van der Waals surface area contributed by atoms with E-state index in [2.05, 4.69) is 20.4 Å². The van der Waals surface area contributed by atoms with E-state index in [1.807, 2.05) is 0 Å². The van der Waals surface area contributed by atoms with Gasteiger partial charge >= 0.3 is 6.09 Å². The van der Waals surface area contributed by atoms with Gasteiger partial charge in [-0.05, 0) is 33.6 Å². The van der Waals surface area contributed by atoms with Gasteiger partial charge in [-0.1, -0.05) is 0 Å². The predicted octanol–water partition coefficient (Wildman–Crippen LogP) is 5.01. The van der Waals surface area contributed by atoms with Crippen LogP contribution in [-0.2, 0) is 4.74 Å². The highest BCUT2D eigenvalue weighted by atomic mass is 19.3. The van der Waals surface area contributed by atoms with Gasteiger partial charge in [0.15, 0.2) is 23.1 Å². The van der Waals surface area contributed by atoms with Crippen LogP contribution in [0, 0.1) is 11.6 Å². The van der Waals surface area contributed by atoms with E-state index < -0.39 is 54.1 Å². The molecule has 2 fully saturated rings. The quantitative estimate of drug-likeness (QED) is 0.458. The molecule has 2 aliphatic rings. The van der Waals surface area contributed by atoms with E-state index >= 15 is 0 Å². The number of hydrogen-bond acceptors (Lipinski definition) is 7. The summed E-state index contributed by atoms with van der Waals surface area (Å²) in [7, 11) is 1.53. The van der Waals surface area contributed by atoms with Crippen molar-refractivity contribution < 1.29 is 31.8 Å². The molecule has 1 amide bonds. The van der Waals surface area contributed by atoms with Crippen LogP contribution in [0.4, 0.5) is 28.2 Å². The lowest BCUT2D eigenvalue weighted by Crippen LogP contribution is -2.54. The number of fused-ring (bicyclic) bond motifs is 1. The Morgan fingerprint density at radius 3 is 2.58 bits per heavy atom. The molecule has 38 heavy (non-hydrogen) atoms. The molecule has 1 saturated heterocycles. The highest BCUT2D eigenvalue weighted by molar-refractivity contribution is 5.69. The molecule has 1 aliphatic heterocycles. The van der Waals surface area contributed by atoms with Crippen molar-refractivity contribution in [2.75, 3.05) is 25.5 Å². The average molecular weight is 537 g/mol. The largest absolute Gasteiger partial charge is 0.495 e. The molecule has 1 unspecified atom stereocenters. The zero-order valence-electron chi connectivity index (χ0n) is 21.4. The summed E-state index contributed by atoms with van der Waals surface area (Å²) in [5, 5.41) is 7.22. The van der Waals surface area contributed by atoms with Crippen LogP contribution in [-0.4, -0.2) is 68.3 Å². The number of aromatic nitrogens is 4. The number of anilines is 1. The Hall–Kier alpha value is -3.64. The SMILES string of the molecule is COc1cc2ncc(-c3nc(NC4CN(C(=O)OC(C)(C)C)CC(F)(F)C4)c(F)cc3F)n2nc1C1CC1. The van der Waals surface area contributed by atoms with Gasteiger partial charge in [0.1, 0.15) is 28.4 Å². The first-order valence-electron chi connectivity index (χ1n) is 12.2. The molecule has 0 radical (unpaired) electrons. The molecule has 1 aliphatic carbocycles. The van der Waals surface area contributed by atoms with Gasteiger partial charge in [0.2, 0.25) is 0 Å². The fourth-order valence-electron chi connectivity index (χ4n) is 4.48. The van der Waals surface area contributed by atoms with Crippen LogP contribution in [0.15, 0.2) is 18.3 Å². The molecule has 0 bridgehead atoms. The minimum Gasteiger partial charge on any atom is -0.495 e. The maximum Gasteiger partial charge on any atom is 0.410 e. The van der Waals surface area contributed by atoms with Gasteiger partial charge in [0, 0.05) is 31.0 Å². The summed E-state index contributed by atoms with van der Waals surface area (Å²) in [6, 6.07) is 1.24. The second-order valence-electron chi connectivity index (χ2n) is 10.7. The van der Waals surface area contributed by atoms with Crippen LogP contribution >= 0.6 is 0 Å². The first-order chi connectivity index (χ1) is 17.8. The summed E-state index contributed by atoms with van der Waals surface area (Å²) in [6.07, 6.45) is 1.66. The maximum absolute atomic E-state index is 15.0. The second kappa shape index (κ2) is 9.28. The maximum atomic E-state index is 15.0. The topological polar surface area (TPSA) is 93.9 Å². The summed E-state index contributed by atoms with van der Waals surface area (Å²) in [5.74, 6) is -4.93. The third-order valence-corrected chi connectivity index (χ3v) is 6.24. The van der Waals surface area contributed by atoms with Crippen molar-refractivity contribution in [2.45, 2.75) is 63.5 Å². The van der Waals surface area contributed by atoms with Crippen LogP contribution in [0.25, 0.3) is 17.0 Å². The molecule has 0 spiro atoms. The monoisotopic (exact) mass is 536 g/mol. The summed E-state index contributed by atoms with van der Waals surface area (Å²) in [5.41, 5.74) is 0.104. The zero-order chi connectivity index (χ0) is 27.4. The van der Waals surface area contributed by atoms with Gasteiger partial charge in [-0.2, -0.15) is 5.10 Å². The summed E-state index contributed by atoms with van der Waals surface area (Å²) in [4.78, 5) is 21.7. The van der Waals surface area contributed by atoms with Crippen LogP contribution in [0.1, 0.15) is 51.6 Å². The van der Waals surface area contributed by atoms with Crippen molar-refractivity contribution in [3.8, 4) is 17.1 Å². The number of alkyl halides is 2. The van der Waals surface area contributed by atoms with E-state index in [1.54, 1.807) is 26.8 Å². The van der Waals surface area contributed by atoms with Gasteiger partial charge in [0.25, 0.3) is 5.92 Å². The summed E-state index contributed by atoms with van der Waals surface area (Å²) >= 11 is 0. The molecule has 1 saturated carbocycles. The summed E-state index contributed by atoms with van der Waals surface area (Å²) in [6.45, 7) is 3.87. The average Bonchev–Trinajstić information content (AvgIpc) is 3.58. The number of halogens is 4. The third kappa shape index (κ3) is 5.32. The molecule has 204 valence electrons. The van der Waals surface area contributed by atoms with E-state index in [0.29, 0.717) is 23.2 Å². The number of nitrogens with one attached hydrogen (secondary N) is 1. The number of nitrogens with zero attached hydrogens (tertiary/aromatic N) is 5. The molecule has 1 N–H and O–H groups in total. The van der Waals surface area contributed by atoms with Gasteiger partial charge in [-0.3, -0.25) is 0 Å². The Labute approximate surface area is 216 Å². The van der Waals surface area contributed by atoms with Crippen molar-refractivity contribution >= 4 is 17.6 Å². The van der Waals surface area contributed by atoms with E-state index in [1.165, 1.54) is 17.8 Å². The van der Waals surface area contributed by atoms with Crippen molar-refractivity contribution in [1.29, 1.82) is 0 Å². The van der Waals surface area contributed by atoms with E-state index in [4.69, 9.17) is 9.47 Å². The molecule has 0 aromatic carbocycles. The number of methoxy groups -OCH3 is 1. The normalized spacial score (nSPS) is 19.5. The molecule has 5 rings (SSSR count). The Morgan fingerprint density at radius 1 is 1.18 bits per heavy atom. The molecule has 3 aromatic heterocycles. The Bertz CT molecular complexity index is 1390. The molecular formula is C25H28F4N6O3. The number of imidazole rings is 1. The van der Waals surface area contributed by atoms with E-state index in [-0.39, 0.29) is 23.9 Å². The van der Waals surface area contributed by atoms with Gasteiger partial charge in [-0.25, -0.2) is 36.8 Å². The Kier molecular flexibility index (Phi) is 6.35. The highest BCUT2D eigenvalue weighted by Gasteiger charge is 2.43. The lowest BCUT2D eigenvalue weighted by Gasteiger charge is -2.38. The lowest BCUT2D eigenvalue weighted by molar-refractivity contribution is -0.0722.